The maximum absolute atomic E-state index is 13.8. The Morgan fingerprint density at radius 2 is 1.74 bits per heavy atom. The summed E-state index contributed by atoms with van der Waals surface area (Å²) >= 11 is 0. The Bertz CT molecular complexity index is 980. The van der Waals surface area contributed by atoms with E-state index >= 15 is 0 Å². The Hall–Kier alpha value is -3.42. The van der Waals surface area contributed by atoms with Crippen molar-refractivity contribution in [2.45, 2.75) is 13.5 Å². The molecule has 0 saturated heterocycles. The van der Waals surface area contributed by atoms with Crippen LogP contribution in [0.4, 0.5) is 24.8 Å². The molecule has 5 nitrogen and oxygen atoms in total. The van der Waals surface area contributed by atoms with Crippen molar-refractivity contribution in [3.63, 3.8) is 0 Å². The summed E-state index contributed by atoms with van der Waals surface area (Å²) in [5.74, 6) is -4.85. The van der Waals surface area contributed by atoms with E-state index in [1.807, 2.05) is 30.3 Å². The SMILES string of the molecule is Cc1cc(C(=O)NCc2ccccc2)nc(Nc2ccc(F)c(F)c2F)n1. The highest BCUT2D eigenvalue weighted by atomic mass is 19.2. The predicted octanol–water partition coefficient (Wildman–Crippen LogP) is 3.88. The van der Waals surface area contributed by atoms with E-state index in [2.05, 4.69) is 20.6 Å². The lowest BCUT2D eigenvalue weighted by molar-refractivity contribution is 0.0945. The van der Waals surface area contributed by atoms with E-state index in [4.69, 9.17) is 0 Å². The van der Waals surface area contributed by atoms with Crippen molar-refractivity contribution in [2.24, 2.45) is 0 Å². The number of anilines is 2. The minimum Gasteiger partial charge on any atom is -0.347 e. The van der Waals surface area contributed by atoms with E-state index in [9.17, 15) is 18.0 Å². The van der Waals surface area contributed by atoms with Gasteiger partial charge in [-0.2, -0.15) is 0 Å². The van der Waals surface area contributed by atoms with Crippen molar-refractivity contribution >= 4 is 17.5 Å². The highest BCUT2D eigenvalue weighted by molar-refractivity contribution is 5.92. The molecule has 0 aliphatic rings. The molecule has 2 aromatic carbocycles. The number of aromatic nitrogens is 2. The monoisotopic (exact) mass is 372 g/mol. The first-order valence-electron chi connectivity index (χ1n) is 8.02. The fourth-order valence-corrected chi connectivity index (χ4v) is 2.35. The maximum atomic E-state index is 13.8. The van der Waals surface area contributed by atoms with Gasteiger partial charge in [-0.15, -0.1) is 0 Å². The lowest BCUT2D eigenvalue weighted by atomic mass is 10.2. The Morgan fingerprint density at radius 3 is 2.48 bits per heavy atom. The third kappa shape index (κ3) is 4.41. The molecular formula is C19H15F3N4O. The van der Waals surface area contributed by atoms with Crippen LogP contribution >= 0.6 is 0 Å². The highest BCUT2D eigenvalue weighted by Gasteiger charge is 2.16. The number of nitrogens with zero attached hydrogens (tertiary/aromatic N) is 2. The molecule has 0 bridgehead atoms. The summed E-state index contributed by atoms with van der Waals surface area (Å²) in [4.78, 5) is 20.4. The molecule has 3 aromatic rings. The van der Waals surface area contributed by atoms with Crippen LogP contribution in [-0.4, -0.2) is 15.9 Å². The number of halogens is 3. The normalized spacial score (nSPS) is 10.5. The van der Waals surface area contributed by atoms with Gasteiger partial charge in [0.2, 0.25) is 5.95 Å². The number of hydrogen-bond acceptors (Lipinski definition) is 4. The number of hydrogen-bond donors (Lipinski definition) is 2. The van der Waals surface area contributed by atoms with Crippen LogP contribution in [-0.2, 0) is 6.54 Å². The average molecular weight is 372 g/mol. The molecule has 0 atom stereocenters. The van der Waals surface area contributed by atoms with Crippen molar-refractivity contribution in [3.05, 3.63) is 82.9 Å². The average Bonchev–Trinajstić information content (AvgIpc) is 2.67. The summed E-state index contributed by atoms with van der Waals surface area (Å²) in [5.41, 5.74) is 1.08. The molecule has 2 N–H and O–H groups in total. The van der Waals surface area contributed by atoms with Gasteiger partial charge >= 0.3 is 0 Å². The molecule has 0 aliphatic carbocycles. The minimum absolute atomic E-state index is 0.0592. The van der Waals surface area contributed by atoms with Crippen LogP contribution in [0.3, 0.4) is 0 Å². The summed E-state index contributed by atoms with van der Waals surface area (Å²) in [7, 11) is 0. The van der Waals surface area contributed by atoms with E-state index in [-0.39, 0.29) is 17.3 Å². The van der Waals surface area contributed by atoms with Crippen LogP contribution in [0, 0.1) is 24.4 Å². The number of aryl methyl sites for hydroxylation is 1. The number of carbonyl (C=O) groups is 1. The second-order valence-corrected chi connectivity index (χ2v) is 5.73. The second-order valence-electron chi connectivity index (χ2n) is 5.73. The number of carbonyl (C=O) groups excluding carboxylic acids is 1. The lowest BCUT2D eigenvalue weighted by Gasteiger charge is -2.10. The standard InChI is InChI=1S/C19H15F3N4O/c1-11-9-15(18(27)23-10-12-5-3-2-4-6-12)26-19(24-11)25-14-8-7-13(20)16(21)17(14)22/h2-9H,10H2,1H3,(H,23,27)(H,24,25,26). The van der Waals surface area contributed by atoms with Crippen molar-refractivity contribution in [3.8, 4) is 0 Å². The van der Waals surface area contributed by atoms with Crippen LogP contribution in [0.5, 0.6) is 0 Å². The largest absolute Gasteiger partial charge is 0.347 e. The number of benzene rings is 2. The predicted molar refractivity (Wildman–Crippen MR) is 94.0 cm³/mol. The number of nitrogens with one attached hydrogen (secondary N) is 2. The molecule has 0 spiro atoms. The molecule has 0 radical (unpaired) electrons. The van der Waals surface area contributed by atoms with Gasteiger partial charge in [-0.3, -0.25) is 4.79 Å². The van der Waals surface area contributed by atoms with Gasteiger partial charge in [0.05, 0.1) is 5.69 Å². The molecule has 0 saturated carbocycles. The molecule has 0 aliphatic heterocycles. The molecule has 0 unspecified atom stereocenters. The molecule has 1 amide bonds. The smallest absolute Gasteiger partial charge is 0.270 e. The molecular weight excluding hydrogens is 357 g/mol. The lowest BCUT2D eigenvalue weighted by Crippen LogP contribution is -2.24. The zero-order valence-corrected chi connectivity index (χ0v) is 14.3. The van der Waals surface area contributed by atoms with Gasteiger partial charge in [0, 0.05) is 12.2 Å². The van der Waals surface area contributed by atoms with Crippen LogP contribution in [0.25, 0.3) is 0 Å². The van der Waals surface area contributed by atoms with Gasteiger partial charge in [-0.05, 0) is 30.7 Å². The fraction of sp³-hybridized carbons (Fsp3) is 0.105. The van der Waals surface area contributed by atoms with Gasteiger partial charge in [-0.1, -0.05) is 30.3 Å². The van der Waals surface area contributed by atoms with Crippen molar-refractivity contribution in [1.82, 2.24) is 15.3 Å². The van der Waals surface area contributed by atoms with Crippen LogP contribution in [0.2, 0.25) is 0 Å². The van der Waals surface area contributed by atoms with Crippen molar-refractivity contribution in [2.75, 3.05) is 5.32 Å². The molecule has 3 rings (SSSR count). The summed E-state index contributed by atoms with van der Waals surface area (Å²) in [6.45, 7) is 1.94. The van der Waals surface area contributed by atoms with E-state index in [1.54, 1.807) is 6.92 Å². The Morgan fingerprint density at radius 1 is 1.00 bits per heavy atom. The zero-order chi connectivity index (χ0) is 19.4. The summed E-state index contributed by atoms with van der Waals surface area (Å²) in [6.07, 6.45) is 0. The van der Waals surface area contributed by atoms with Gasteiger partial charge < -0.3 is 10.6 Å². The molecule has 27 heavy (non-hydrogen) atoms. The van der Waals surface area contributed by atoms with E-state index in [0.29, 0.717) is 12.2 Å². The van der Waals surface area contributed by atoms with E-state index in [1.165, 1.54) is 6.07 Å². The maximum Gasteiger partial charge on any atom is 0.270 e. The fourth-order valence-electron chi connectivity index (χ4n) is 2.35. The quantitative estimate of drug-likeness (QED) is 0.667. The summed E-state index contributed by atoms with van der Waals surface area (Å²) in [6, 6.07) is 12.6. The Kier molecular flexibility index (Phi) is 5.35. The molecule has 8 heteroatoms. The van der Waals surface area contributed by atoms with Crippen LogP contribution in [0.15, 0.2) is 48.5 Å². The summed E-state index contributed by atoms with van der Waals surface area (Å²) < 4.78 is 40.2. The third-order valence-electron chi connectivity index (χ3n) is 3.66. The number of rotatable bonds is 5. The number of amides is 1. The van der Waals surface area contributed by atoms with Crippen LogP contribution < -0.4 is 10.6 Å². The first-order chi connectivity index (χ1) is 12.9. The van der Waals surface area contributed by atoms with Gasteiger partial charge in [0.15, 0.2) is 17.5 Å². The summed E-state index contributed by atoms with van der Waals surface area (Å²) in [5, 5.41) is 5.19. The molecule has 138 valence electrons. The zero-order valence-electron chi connectivity index (χ0n) is 14.3. The van der Waals surface area contributed by atoms with Crippen molar-refractivity contribution < 1.29 is 18.0 Å². The first-order valence-corrected chi connectivity index (χ1v) is 8.02. The van der Waals surface area contributed by atoms with Crippen molar-refractivity contribution in [1.29, 1.82) is 0 Å². The van der Waals surface area contributed by atoms with Gasteiger partial charge in [0.25, 0.3) is 5.91 Å². The first kappa shape index (κ1) is 18.4. The minimum atomic E-state index is -1.60. The molecule has 1 aromatic heterocycles. The Labute approximate surface area is 153 Å². The third-order valence-corrected chi connectivity index (χ3v) is 3.66. The highest BCUT2D eigenvalue weighted by Crippen LogP contribution is 2.22. The van der Waals surface area contributed by atoms with Crippen LogP contribution in [0.1, 0.15) is 21.7 Å². The van der Waals surface area contributed by atoms with Gasteiger partial charge in [0.1, 0.15) is 5.69 Å². The molecule has 1 heterocycles. The van der Waals surface area contributed by atoms with E-state index in [0.717, 1.165) is 17.7 Å². The Balaban J connectivity index is 1.78. The second kappa shape index (κ2) is 7.86. The van der Waals surface area contributed by atoms with Gasteiger partial charge in [-0.25, -0.2) is 23.1 Å². The van der Waals surface area contributed by atoms with E-state index < -0.39 is 23.4 Å². The topological polar surface area (TPSA) is 66.9 Å². The molecule has 0 fully saturated rings.